The molecule has 152 valence electrons. The zero-order chi connectivity index (χ0) is 19.8. The van der Waals surface area contributed by atoms with Gasteiger partial charge in [-0.1, -0.05) is 30.3 Å². The Bertz CT molecular complexity index is 854. The Labute approximate surface area is 171 Å². The van der Waals surface area contributed by atoms with Gasteiger partial charge in [0.1, 0.15) is 0 Å². The minimum atomic E-state index is -0.256. The van der Waals surface area contributed by atoms with Crippen molar-refractivity contribution in [2.75, 3.05) is 39.3 Å². The first-order valence-corrected chi connectivity index (χ1v) is 10.5. The number of aliphatic hydroxyl groups is 1. The molecule has 3 saturated heterocycles. The van der Waals surface area contributed by atoms with Crippen LogP contribution in [0, 0.1) is 0 Å². The second-order valence-corrected chi connectivity index (χ2v) is 8.79. The van der Waals surface area contributed by atoms with Gasteiger partial charge >= 0.3 is 0 Å². The summed E-state index contributed by atoms with van der Waals surface area (Å²) in [6.07, 6.45) is 4.94. The molecule has 1 N–H and O–H groups in total. The summed E-state index contributed by atoms with van der Waals surface area (Å²) in [6.45, 7) is 5.16. The van der Waals surface area contributed by atoms with E-state index in [0.29, 0.717) is 11.6 Å². The molecule has 0 unspecified atom stereocenters. The number of fused-ring (bicyclic) bond motifs is 2. The summed E-state index contributed by atoms with van der Waals surface area (Å²) in [5.74, 6) is 0.0569. The second-order valence-electron chi connectivity index (χ2n) is 8.79. The van der Waals surface area contributed by atoms with Crippen molar-refractivity contribution >= 4 is 5.91 Å². The lowest BCUT2D eigenvalue weighted by Crippen LogP contribution is -2.78. The second kappa shape index (κ2) is 7.52. The molecular formula is C23H28N4O2. The number of hydrogen-bond acceptors (Lipinski definition) is 5. The smallest absolute Gasteiger partial charge is 0.255 e. The quantitative estimate of drug-likeness (QED) is 0.849. The van der Waals surface area contributed by atoms with Crippen LogP contribution in [0.2, 0.25) is 0 Å². The molecule has 1 spiro atoms. The lowest BCUT2D eigenvalue weighted by atomic mass is 9.83. The van der Waals surface area contributed by atoms with Gasteiger partial charge in [0.25, 0.3) is 5.91 Å². The fourth-order valence-corrected chi connectivity index (χ4v) is 5.38. The van der Waals surface area contributed by atoms with Crippen LogP contribution in [-0.4, -0.2) is 87.7 Å². The monoisotopic (exact) mass is 392 g/mol. The Balaban J connectivity index is 1.28. The van der Waals surface area contributed by atoms with E-state index in [2.05, 4.69) is 45.1 Å². The number of aliphatic hydroxyl groups excluding tert-OH is 1. The van der Waals surface area contributed by atoms with Crippen molar-refractivity contribution in [2.24, 2.45) is 0 Å². The molecule has 1 amide bonds. The molecule has 6 nitrogen and oxygen atoms in total. The van der Waals surface area contributed by atoms with Crippen molar-refractivity contribution in [1.29, 1.82) is 0 Å². The van der Waals surface area contributed by atoms with E-state index in [4.69, 9.17) is 0 Å². The molecule has 3 aliphatic heterocycles. The Morgan fingerprint density at radius 2 is 1.93 bits per heavy atom. The topological polar surface area (TPSA) is 59.9 Å². The summed E-state index contributed by atoms with van der Waals surface area (Å²) in [7, 11) is 0. The zero-order valence-electron chi connectivity index (χ0n) is 16.7. The van der Waals surface area contributed by atoms with Gasteiger partial charge in [-0.05, 0) is 30.5 Å². The van der Waals surface area contributed by atoms with Gasteiger partial charge in [0, 0.05) is 57.7 Å². The maximum Gasteiger partial charge on any atom is 0.255 e. The summed E-state index contributed by atoms with van der Waals surface area (Å²) in [5.41, 5.74) is 1.98. The fraction of sp³-hybridized carbons (Fsp3) is 0.478. The highest BCUT2D eigenvalue weighted by Gasteiger charge is 2.56. The molecule has 5 rings (SSSR count). The molecule has 6 heteroatoms. The number of piperazine rings is 1. The molecule has 0 aliphatic carbocycles. The molecule has 3 fully saturated rings. The van der Waals surface area contributed by atoms with E-state index < -0.39 is 0 Å². The first-order chi connectivity index (χ1) is 14.1. The summed E-state index contributed by atoms with van der Waals surface area (Å²) >= 11 is 0. The lowest BCUT2D eigenvalue weighted by molar-refractivity contribution is -0.0996. The van der Waals surface area contributed by atoms with Crippen molar-refractivity contribution in [2.45, 2.75) is 30.5 Å². The van der Waals surface area contributed by atoms with Crippen LogP contribution in [0.4, 0.5) is 0 Å². The highest BCUT2D eigenvalue weighted by molar-refractivity contribution is 5.94. The lowest BCUT2D eigenvalue weighted by Gasteiger charge is -2.61. The van der Waals surface area contributed by atoms with Crippen LogP contribution >= 0.6 is 0 Å². The van der Waals surface area contributed by atoms with Gasteiger partial charge < -0.3 is 10.0 Å². The standard InChI is InChI=1S/C23H28N4O2/c28-21-11-20-13-25(10-8-18-5-2-1-3-6-18)15-23(27(20)14-21)16-26(17-23)22(29)19-7-4-9-24-12-19/h1-7,9,12,20-21,28H,8,10-11,13-17H2/t20-,21-/m1/s1. The SMILES string of the molecule is O=C(c1cccnc1)N1CC2(CN(CCc3ccccc3)C[C@H]3C[C@@H](O)CN32)C1. The molecule has 0 bridgehead atoms. The van der Waals surface area contributed by atoms with Crippen LogP contribution in [0.15, 0.2) is 54.9 Å². The van der Waals surface area contributed by atoms with E-state index >= 15 is 0 Å². The molecule has 2 aromatic rings. The van der Waals surface area contributed by atoms with Crippen LogP contribution < -0.4 is 0 Å². The number of aromatic nitrogens is 1. The minimum Gasteiger partial charge on any atom is -0.392 e. The average molecular weight is 393 g/mol. The van der Waals surface area contributed by atoms with Crippen molar-refractivity contribution in [3.8, 4) is 0 Å². The first kappa shape index (κ1) is 18.7. The van der Waals surface area contributed by atoms with Gasteiger partial charge in [0.2, 0.25) is 0 Å². The van der Waals surface area contributed by atoms with Gasteiger partial charge in [-0.3, -0.25) is 19.6 Å². The van der Waals surface area contributed by atoms with Gasteiger partial charge in [0.05, 0.1) is 17.2 Å². The molecule has 0 saturated carbocycles. The van der Waals surface area contributed by atoms with Gasteiger partial charge in [-0.15, -0.1) is 0 Å². The summed E-state index contributed by atoms with van der Waals surface area (Å²) in [6, 6.07) is 14.6. The number of pyridine rings is 1. The number of amides is 1. The van der Waals surface area contributed by atoms with Crippen molar-refractivity contribution < 1.29 is 9.90 Å². The van der Waals surface area contributed by atoms with Crippen LogP contribution in [0.5, 0.6) is 0 Å². The Hall–Kier alpha value is -2.28. The summed E-state index contributed by atoms with van der Waals surface area (Å²) in [5, 5.41) is 10.3. The molecule has 1 aromatic heterocycles. The maximum atomic E-state index is 12.8. The van der Waals surface area contributed by atoms with Crippen LogP contribution in [0.3, 0.4) is 0 Å². The predicted molar refractivity (Wildman–Crippen MR) is 111 cm³/mol. The molecular weight excluding hydrogens is 364 g/mol. The van der Waals surface area contributed by atoms with E-state index in [9.17, 15) is 9.90 Å². The largest absolute Gasteiger partial charge is 0.392 e. The number of hydrogen-bond donors (Lipinski definition) is 1. The molecule has 2 atom stereocenters. The fourth-order valence-electron chi connectivity index (χ4n) is 5.38. The number of likely N-dealkylation sites (tertiary alicyclic amines) is 1. The Kier molecular flexibility index (Phi) is 4.86. The third-order valence-corrected chi connectivity index (χ3v) is 6.71. The van der Waals surface area contributed by atoms with E-state index in [-0.39, 0.29) is 17.6 Å². The summed E-state index contributed by atoms with van der Waals surface area (Å²) in [4.78, 5) is 23.8. The minimum absolute atomic E-state index is 0.0328. The van der Waals surface area contributed by atoms with Crippen LogP contribution in [0.25, 0.3) is 0 Å². The van der Waals surface area contributed by atoms with Crippen molar-refractivity contribution in [3.63, 3.8) is 0 Å². The molecule has 4 heterocycles. The van der Waals surface area contributed by atoms with Crippen LogP contribution in [-0.2, 0) is 6.42 Å². The van der Waals surface area contributed by atoms with Gasteiger partial charge in [0.15, 0.2) is 0 Å². The average Bonchev–Trinajstić information content (AvgIpc) is 3.11. The van der Waals surface area contributed by atoms with Crippen LogP contribution in [0.1, 0.15) is 22.3 Å². The van der Waals surface area contributed by atoms with Gasteiger partial charge in [-0.2, -0.15) is 0 Å². The molecule has 3 aliphatic rings. The number of rotatable bonds is 4. The highest BCUT2D eigenvalue weighted by Crippen LogP contribution is 2.39. The van der Waals surface area contributed by atoms with Crippen molar-refractivity contribution in [1.82, 2.24) is 19.7 Å². The van der Waals surface area contributed by atoms with E-state index in [1.807, 2.05) is 17.0 Å². The number of carbonyl (C=O) groups excluding carboxylic acids is 1. The van der Waals surface area contributed by atoms with Gasteiger partial charge in [-0.25, -0.2) is 0 Å². The number of carbonyl (C=O) groups is 1. The normalized spacial score (nSPS) is 26.3. The molecule has 1 aromatic carbocycles. The third kappa shape index (κ3) is 3.56. The Morgan fingerprint density at radius 1 is 1.10 bits per heavy atom. The number of β-amino-alcohol motifs (C(OH)–C–C–N with tert-alkyl or cyclic N) is 1. The third-order valence-electron chi connectivity index (χ3n) is 6.71. The van der Waals surface area contributed by atoms with E-state index in [1.165, 1.54) is 5.56 Å². The summed E-state index contributed by atoms with van der Waals surface area (Å²) < 4.78 is 0. The van der Waals surface area contributed by atoms with Crippen molar-refractivity contribution in [3.05, 3.63) is 66.0 Å². The Morgan fingerprint density at radius 3 is 2.69 bits per heavy atom. The highest BCUT2D eigenvalue weighted by atomic mass is 16.3. The molecule has 0 radical (unpaired) electrons. The predicted octanol–water partition coefficient (Wildman–Crippen LogP) is 1.27. The maximum absolute atomic E-state index is 12.8. The number of nitrogens with zero attached hydrogens (tertiary/aromatic N) is 4. The first-order valence-electron chi connectivity index (χ1n) is 10.5. The number of benzene rings is 1. The van der Waals surface area contributed by atoms with E-state index in [0.717, 1.165) is 52.1 Å². The van der Waals surface area contributed by atoms with E-state index in [1.54, 1.807) is 12.4 Å². The molecule has 29 heavy (non-hydrogen) atoms. The zero-order valence-corrected chi connectivity index (χ0v) is 16.7.